The number of halogens is 1. The van der Waals surface area contributed by atoms with E-state index in [-0.39, 0.29) is 24.7 Å². The summed E-state index contributed by atoms with van der Waals surface area (Å²) in [6.45, 7) is 2.69. The van der Waals surface area contributed by atoms with E-state index < -0.39 is 5.91 Å². The maximum atomic E-state index is 13.3. The van der Waals surface area contributed by atoms with E-state index >= 15 is 0 Å². The Morgan fingerprint density at radius 2 is 1.84 bits per heavy atom. The summed E-state index contributed by atoms with van der Waals surface area (Å²) < 4.78 is 13.3. The van der Waals surface area contributed by atoms with Gasteiger partial charge in [0.15, 0.2) is 0 Å². The van der Waals surface area contributed by atoms with Crippen LogP contribution in [0.4, 0.5) is 4.39 Å². The lowest BCUT2D eigenvalue weighted by Gasteiger charge is -2.07. The second kappa shape index (κ2) is 8.24. The van der Waals surface area contributed by atoms with Gasteiger partial charge in [0, 0.05) is 18.7 Å². The van der Waals surface area contributed by atoms with Crippen molar-refractivity contribution in [1.29, 1.82) is 0 Å². The number of rotatable bonds is 7. The van der Waals surface area contributed by atoms with Crippen molar-refractivity contribution in [1.82, 2.24) is 10.6 Å². The third-order valence-corrected chi connectivity index (χ3v) is 2.61. The normalized spacial score (nSPS) is 10.0. The molecule has 2 amide bonds. The second-order valence-corrected chi connectivity index (χ2v) is 4.25. The van der Waals surface area contributed by atoms with Gasteiger partial charge >= 0.3 is 0 Å². The van der Waals surface area contributed by atoms with Crippen LogP contribution in [0.25, 0.3) is 0 Å². The molecular formula is C14H19FN2O2. The van der Waals surface area contributed by atoms with Crippen LogP contribution in [0.3, 0.4) is 0 Å². The molecule has 0 aromatic heterocycles. The summed E-state index contributed by atoms with van der Waals surface area (Å²) in [7, 11) is 0. The zero-order chi connectivity index (χ0) is 14.1. The van der Waals surface area contributed by atoms with E-state index in [4.69, 9.17) is 0 Å². The fourth-order valence-electron chi connectivity index (χ4n) is 1.51. The van der Waals surface area contributed by atoms with Crippen molar-refractivity contribution in [3.63, 3.8) is 0 Å². The molecule has 0 fully saturated rings. The van der Waals surface area contributed by atoms with Crippen LogP contribution in [0.1, 0.15) is 31.7 Å². The van der Waals surface area contributed by atoms with Crippen molar-refractivity contribution in [2.45, 2.75) is 32.7 Å². The fraction of sp³-hybridized carbons (Fsp3) is 0.429. The van der Waals surface area contributed by atoms with Gasteiger partial charge in [0.1, 0.15) is 12.2 Å². The van der Waals surface area contributed by atoms with E-state index in [2.05, 4.69) is 10.6 Å². The summed E-state index contributed by atoms with van der Waals surface area (Å²) in [5.74, 6) is -1.08. The number of nitrogens with one attached hydrogen (secondary N) is 2. The molecule has 0 saturated heterocycles. The molecule has 0 atom stereocenters. The highest BCUT2D eigenvalue weighted by molar-refractivity contribution is 5.96. The Morgan fingerprint density at radius 3 is 2.53 bits per heavy atom. The molecule has 0 bridgehead atoms. The Balaban J connectivity index is 2.28. The number of benzene rings is 1. The maximum Gasteiger partial charge on any atom is 0.229 e. The number of hydrogen-bond acceptors (Lipinski definition) is 2. The summed E-state index contributed by atoms with van der Waals surface area (Å²) in [6.07, 6.45) is 1.65. The van der Waals surface area contributed by atoms with Crippen molar-refractivity contribution in [3.05, 3.63) is 35.6 Å². The summed E-state index contributed by atoms with van der Waals surface area (Å²) in [5.41, 5.74) is 0.405. The highest BCUT2D eigenvalue weighted by Crippen LogP contribution is 2.05. The third-order valence-electron chi connectivity index (χ3n) is 2.61. The molecule has 0 heterocycles. The highest BCUT2D eigenvalue weighted by Gasteiger charge is 2.09. The van der Waals surface area contributed by atoms with E-state index in [1.807, 2.05) is 6.92 Å². The second-order valence-electron chi connectivity index (χ2n) is 4.25. The smallest absolute Gasteiger partial charge is 0.229 e. The van der Waals surface area contributed by atoms with Crippen LogP contribution in [0.2, 0.25) is 0 Å². The van der Waals surface area contributed by atoms with Crippen molar-refractivity contribution in [3.8, 4) is 0 Å². The number of unbranched alkanes of at least 4 members (excludes halogenated alkanes) is 1. The molecule has 2 N–H and O–H groups in total. The molecule has 1 rings (SSSR count). The van der Waals surface area contributed by atoms with Gasteiger partial charge in [0.05, 0.1) is 0 Å². The molecule has 0 unspecified atom stereocenters. The predicted molar refractivity (Wildman–Crippen MR) is 70.8 cm³/mol. The maximum absolute atomic E-state index is 13.3. The zero-order valence-corrected chi connectivity index (χ0v) is 11.0. The standard InChI is InChI=1S/C14H19FN2O2/c1-2-3-8-16-13(18)9-14(19)17-10-11-6-4-5-7-12(11)15/h4-7H,2-3,8-10H2,1H3,(H,16,18)(H,17,19). The molecule has 0 aliphatic rings. The SMILES string of the molecule is CCCCNC(=O)CC(=O)NCc1ccccc1F. The van der Waals surface area contributed by atoms with Crippen LogP contribution in [0.5, 0.6) is 0 Å². The van der Waals surface area contributed by atoms with Crippen LogP contribution in [-0.4, -0.2) is 18.4 Å². The molecule has 0 spiro atoms. The average Bonchev–Trinajstić information content (AvgIpc) is 2.38. The van der Waals surface area contributed by atoms with Crippen LogP contribution in [-0.2, 0) is 16.1 Å². The molecule has 0 aliphatic carbocycles. The first kappa shape index (κ1) is 15.1. The number of carbonyl (C=O) groups excluding carboxylic acids is 2. The van der Waals surface area contributed by atoms with E-state index in [1.54, 1.807) is 18.2 Å². The molecule has 0 aliphatic heterocycles. The van der Waals surface area contributed by atoms with Crippen molar-refractivity contribution < 1.29 is 14.0 Å². The summed E-state index contributed by atoms with van der Waals surface area (Å²) in [5, 5.41) is 5.17. The van der Waals surface area contributed by atoms with Crippen molar-refractivity contribution >= 4 is 11.8 Å². The molecule has 4 nitrogen and oxygen atoms in total. The van der Waals surface area contributed by atoms with Gasteiger partial charge in [-0.1, -0.05) is 31.5 Å². The van der Waals surface area contributed by atoms with E-state index in [1.165, 1.54) is 6.07 Å². The molecular weight excluding hydrogens is 247 g/mol. The lowest BCUT2D eigenvalue weighted by Crippen LogP contribution is -2.32. The minimum Gasteiger partial charge on any atom is -0.356 e. The molecule has 19 heavy (non-hydrogen) atoms. The van der Waals surface area contributed by atoms with Gasteiger partial charge < -0.3 is 10.6 Å². The van der Waals surface area contributed by atoms with Gasteiger partial charge in [-0.25, -0.2) is 4.39 Å². The summed E-state index contributed by atoms with van der Waals surface area (Å²) in [6, 6.07) is 6.21. The summed E-state index contributed by atoms with van der Waals surface area (Å²) in [4.78, 5) is 22.8. The Hall–Kier alpha value is -1.91. The quantitative estimate of drug-likeness (QED) is 0.583. The number of amides is 2. The topological polar surface area (TPSA) is 58.2 Å². The number of hydrogen-bond donors (Lipinski definition) is 2. The average molecular weight is 266 g/mol. The molecule has 5 heteroatoms. The van der Waals surface area contributed by atoms with Crippen molar-refractivity contribution in [2.75, 3.05) is 6.54 Å². The van der Waals surface area contributed by atoms with E-state index in [0.29, 0.717) is 12.1 Å². The molecule has 104 valence electrons. The van der Waals surface area contributed by atoms with E-state index in [9.17, 15) is 14.0 Å². The van der Waals surface area contributed by atoms with Gasteiger partial charge in [-0.15, -0.1) is 0 Å². The largest absolute Gasteiger partial charge is 0.356 e. The summed E-state index contributed by atoms with van der Waals surface area (Å²) >= 11 is 0. The van der Waals surface area contributed by atoms with Crippen LogP contribution in [0, 0.1) is 5.82 Å². The first-order valence-electron chi connectivity index (χ1n) is 6.40. The molecule has 1 aromatic carbocycles. The lowest BCUT2D eigenvalue weighted by atomic mass is 10.2. The van der Waals surface area contributed by atoms with Gasteiger partial charge in [0.2, 0.25) is 11.8 Å². The van der Waals surface area contributed by atoms with E-state index in [0.717, 1.165) is 12.8 Å². The lowest BCUT2D eigenvalue weighted by molar-refractivity contribution is -0.129. The van der Waals surface area contributed by atoms with Crippen LogP contribution < -0.4 is 10.6 Å². The Kier molecular flexibility index (Phi) is 6.57. The first-order valence-corrected chi connectivity index (χ1v) is 6.40. The van der Waals surface area contributed by atoms with Crippen molar-refractivity contribution in [2.24, 2.45) is 0 Å². The zero-order valence-electron chi connectivity index (χ0n) is 11.0. The Labute approximate surface area is 112 Å². The molecule has 0 saturated carbocycles. The van der Waals surface area contributed by atoms with Gasteiger partial charge in [0.25, 0.3) is 0 Å². The minimum atomic E-state index is -0.405. The monoisotopic (exact) mass is 266 g/mol. The predicted octanol–water partition coefficient (Wildman–Crippen LogP) is 1.75. The third kappa shape index (κ3) is 5.99. The van der Waals surface area contributed by atoms with Crippen LogP contribution >= 0.6 is 0 Å². The van der Waals surface area contributed by atoms with Gasteiger partial charge in [-0.3, -0.25) is 9.59 Å². The molecule has 1 aromatic rings. The fourth-order valence-corrected chi connectivity index (χ4v) is 1.51. The van der Waals surface area contributed by atoms with Crippen LogP contribution in [0.15, 0.2) is 24.3 Å². The van der Waals surface area contributed by atoms with Gasteiger partial charge in [-0.2, -0.15) is 0 Å². The Morgan fingerprint density at radius 1 is 1.16 bits per heavy atom. The Bertz CT molecular complexity index is 435. The number of carbonyl (C=O) groups is 2. The first-order chi connectivity index (χ1) is 9.13. The minimum absolute atomic E-state index is 0.0910. The highest BCUT2D eigenvalue weighted by atomic mass is 19.1. The molecule has 0 radical (unpaired) electrons. The van der Waals surface area contributed by atoms with Gasteiger partial charge in [-0.05, 0) is 12.5 Å².